The highest BCUT2D eigenvalue weighted by atomic mass is 16.5. The van der Waals surface area contributed by atoms with Crippen LogP contribution >= 0.6 is 0 Å². The van der Waals surface area contributed by atoms with Crippen LogP contribution in [0.25, 0.3) is 0 Å². The Balaban J connectivity index is 2.06. The zero-order chi connectivity index (χ0) is 12.3. The molecule has 2 N–H and O–H groups in total. The van der Waals surface area contributed by atoms with Gasteiger partial charge in [0, 0.05) is 24.3 Å². The number of nitrogens with two attached hydrogens (primary N) is 1. The predicted molar refractivity (Wildman–Crippen MR) is 71.4 cm³/mol. The highest BCUT2D eigenvalue weighted by Crippen LogP contribution is 2.20. The molecule has 0 saturated carbocycles. The van der Waals surface area contributed by atoms with Gasteiger partial charge in [-0.25, -0.2) is 0 Å². The van der Waals surface area contributed by atoms with E-state index in [-0.39, 0.29) is 6.04 Å². The van der Waals surface area contributed by atoms with Crippen LogP contribution in [0.15, 0.2) is 24.3 Å². The fourth-order valence-corrected chi connectivity index (χ4v) is 2.31. The largest absolute Gasteiger partial charge is 0.377 e. The third-order valence-corrected chi connectivity index (χ3v) is 3.19. The Morgan fingerprint density at radius 3 is 2.71 bits per heavy atom. The SMILES string of the molecule is CC(N)Cc1ccc(N2CCOCC2C)cc1. The molecule has 1 aromatic rings. The maximum atomic E-state index is 5.80. The van der Waals surface area contributed by atoms with Crippen LogP contribution in [-0.2, 0) is 11.2 Å². The number of hydrogen-bond donors (Lipinski definition) is 1. The summed E-state index contributed by atoms with van der Waals surface area (Å²) in [6.45, 7) is 6.87. The van der Waals surface area contributed by atoms with Crippen molar-refractivity contribution in [2.75, 3.05) is 24.7 Å². The van der Waals surface area contributed by atoms with Gasteiger partial charge in [0.1, 0.15) is 0 Å². The van der Waals surface area contributed by atoms with Crippen LogP contribution in [0.5, 0.6) is 0 Å². The molecule has 3 nitrogen and oxygen atoms in total. The van der Waals surface area contributed by atoms with E-state index < -0.39 is 0 Å². The van der Waals surface area contributed by atoms with Crippen molar-refractivity contribution in [1.29, 1.82) is 0 Å². The molecule has 2 unspecified atom stereocenters. The summed E-state index contributed by atoms with van der Waals surface area (Å²) in [6.07, 6.45) is 0.943. The predicted octanol–water partition coefficient (Wildman–Crippen LogP) is 1.80. The lowest BCUT2D eigenvalue weighted by Gasteiger charge is -2.35. The Labute approximate surface area is 104 Å². The second-order valence-electron chi connectivity index (χ2n) is 4.97. The second kappa shape index (κ2) is 5.52. The Kier molecular flexibility index (Phi) is 4.02. The first-order valence-electron chi connectivity index (χ1n) is 6.35. The summed E-state index contributed by atoms with van der Waals surface area (Å²) >= 11 is 0. The van der Waals surface area contributed by atoms with E-state index in [9.17, 15) is 0 Å². The number of hydrogen-bond acceptors (Lipinski definition) is 3. The molecule has 2 atom stereocenters. The molecule has 1 fully saturated rings. The number of anilines is 1. The molecule has 1 aliphatic rings. The van der Waals surface area contributed by atoms with E-state index in [0.717, 1.165) is 26.2 Å². The molecule has 0 spiro atoms. The minimum absolute atomic E-state index is 0.225. The lowest BCUT2D eigenvalue weighted by Crippen LogP contribution is -2.43. The fraction of sp³-hybridized carbons (Fsp3) is 0.571. The number of morpholine rings is 1. The Morgan fingerprint density at radius 2 is 2.12 bits per heavy atom. The minimum atomic E-state index is 0.225. The molecule has 2 rings (SSSR count). The topological polar surface area (TPSA) is 38.5 Å². The summed E-state index contributed by atoms with van der Waals surface area (Å²) in [6, 6.07) is 9.44. The molecular weight excluding hydrogens is 212 g/mol. The van der Waals surface area contributed by atoms with E-state index in [2.05, 4.69) is 36.1 Å². The minimum Gasteiger partial charge on any atom is -0.377 e. The molecule has 17 heavy (non-hydrogen) atoms. The molecule has 1 heterocycles. The van der Waals surface area contributed by atoms with Crippen molar-refractivity contribution in [3.63, 3.8) is 0 Å². The van der Waals surface area contributed by atoms with Gasteiger partial charge in [-0.1, -0.05) is 12.1 Å². The van der Waals surface area contributed by atoms with Crippen molar-refractivity contribution in [2.24, 2.45) is 5.73 Å². The van der Waals surface area contributed by atoms with E-state index in [4.69, 9.17) is 10.5 Å². The number of ether oxygens (including phenoxy) is 1. The van der Waals surface area contributed by atoms with E-state index in [1.807, 2.05) is 6.92 Å². The second-order valence-corrected chi connectivity index (χ2v) is 4.97. The third kappa shape index (κ3) is 3.20. The summed E-state index contributed by atoms with van der Waals surface area (Å²) in [5.74, 6) is 0. The molecule has 0 aliphatic carbocycles. The summed E-state index contributed by atoms with van der Waals surface area (Å²) in [4.78, 5) is 2.40. The zero-order valence-corrected chi connectivity index (χ0v) is 10.7. The molecule has 94 valence electrons. The van der Waals surface area contributed by atoms with Gasteiger partial charge < -0.3 is 15.4 Å². The van der Waals surface area contributed by atoms with Crippen LogP contribution in [0.2, 0.25) is 0 Å². The van der Waals surface area contributed by atoms with Crippen LogP contribution in [-0.4, -0.2) is 31.8 Å². The lowest BCUT2D eigenvalue weighted by molar-refractivity contribution is 0.0989. The van der Waals surface area contributed by atoms with E-state index in [1.54, 1.807) is 0 Å². The molecule has 3 heteroatoms. The highest BCUT2D eigenvalue weighted by Gasteiger charge is 2.18. The standard InChI is InChI=1S/C14H22N2O/c1-11(15)9-13-3-5-14(6-4-13)16-7-8-17-10-12(16)2/h3-6,11-12H,7-10,15H2,1-2H3. The Hall–Kier alpha value is -1.06. The first-order chi connectivity index (χ1) is 8.16. The normalized spacial score (nSPS) is 22.5. The van der Waals surface area contributed by atoms with Crippen LogP contribution < -0.4 is 10.6 Å². The van der Waals surface area contributed by atoms with Gasteiger partial charge in [0.2, 0.25) is 0 Å². The van der Waals surface area contributed by atoms with Gasteiger partial charge in [0.05, 0.1) is 13.2 Å². The van der Waals surface area contributed by atoms with Crippen LogP contribution in [0, 0.1) is 0 Å². The van der Waals surface area contributed by atoms with Gasteiger partial charge in [-0.05, 0) is 38.0 Å². The first kappa shape index (κ1) is 12.4. The molecule has 1 saturated heterocycles. The molecule has 1 aliphatic heterocycles. The van der Waals surface area contributed by atoms with Crippen molar-refractivity contribution >= 4 is 5.69 Å². The summed E-state index contributed by atoms with van der Waals surface area (Å²) in [7, 11) is 0. The molecule has 0 aromatic heterocycles. The lowest BCUT2D eigenvalue weighted by atomic mass is 10.1. The molecule has 0 amide bonds. The number of nitrogens with zero attached hydrogens (tertiary/aromatic N) is 1. The third-order valence-electron chi connectivity index (χ3n) is 3.19. The zero-order valence-electron chi connectivity index (χ0n) is 10.7. The number of rotatable bonds is 3. The summed E-state index contributed by atoms with van der Waals surface area (Å²) in [5, 5.41) is 0. The van der Waals surface area contributed by atoms with Crippen molar-refractivity contribution < 1.29 is 4.74 Å². The first-order valence-corrected chi connectivity index (χ1v) is 6.35. The van der Waals surface area contributed by atoms with E-state index >= 15 is 0 Å². The molecule has 1 aromatic carbocycles. The fourth-order valence-electron chi connectivity index (χ4n) is 2.31. The van der Waals surface area contributed by atoms with Crippen LogP contribution in [0.4, 0.5) is 5.69 Å². The van der Waals surface area contributed by atoms with E-state index in [0.29, 0.717) is 6.04 Å². The highest BCUT2D eigenvalue weighted by molar-refractivity contribution is 5.49. The quantitative estimate of drug-likeness (QED) is 0.866. The van der Waals surface area contributed by atoms with Crippen molar-refractivity contribution in [3.8, 4) is 0 Å². The van der Waals surface area contributed by atoms with Gasteiger partial charge in [0.15, 0.2) is 0 Å². The summed E-state index contributed by atoms with van der Waals surface area (Å²) < 4.78 is 5.45. The molecular formula is C14H22N2O. The van der Waals surface area contributed by atoms with Crippen molar-refractivity contribution in [3.05, 3.63) is 29.8 Å². The van der Waals surface area contributed by atoms with Gasteiger partial charge >= 0.3 is 0 Å². The van der Waals surface area contributed by atoms with Crippen LogP contribution in [0.1, 0.15) is 19.4 Å². The summed E-state index contributed by atoms with van der Waals surface area (Å²) in [5.41, 5.74) is 8.40. The molecule has 0 radical (unpaired) electrons. The monoisotopic (exact) mass is 234 g/mol. The number of benzene rings is 1. The van der Waals surface area contributed by atoms with Crippen LogP contribution in [0.3, 0.4) is 0 Å². The van der Waals surface area contributed by atoms with E-state index in [1.165, 1.54) is 11.3 Å². The average Bonchev–Trinajstić information content (AvgIpc) is 2.30. The average molecular weight is 234 g/mol. The molecule has 0 bridgehead atoms. The van der Waals surface area contributed by atoms with Gasteiger partial charge in [-0.3, -0.25) is 0 Å². The smallest absolute Gasteiger partial charge is 0.0668 e. The van der Waals surface area contributed by atoms with Gasteiger partial charge in [0.25, 0.3) is 0 Å². The maximum Gasteiger partial charge on any atom is 0.0668 e. The Bertz CT molecular complexity index is 348. The van der Waals surface area contributed by atoms with Crippen molar-refractivity contribution in [2.45, 2.75) is 32.4 Å². The van der Waals surface area contributed by atoms with Gasteiger partial charge in [-0.15, -0.1) is 0 Å². The maximum absolute atomic E-state index is 5.80. The van der Waals surface area contributed by atoms with Crippen molar-refractivity contribution in [1.82, 2.24) is 0 Å². The Morgan fingerprint density at radius 1 is 1.41 bits per heavy atom. The van der Waals surface area contributed by atoms with Gasteiger partial charge in [-0.2, -0.15) is 0 Å².